The summed E-state index contributed by atoms with van der Waals surface area (Å²) in [4.78, 5) is 31.4. The number of aromatic amines is 1. The van der Waals surface area contributed by atoms with Gasteiger partial charge in [-0.05, 0) is 24.6 Å². The third-order valence-corrected chi connectivity index (χ3v) is 3.73. The van der Waals surface area contributed by atoms with Gasteiger partial charge in [0.05, 0.1) is 24.6 Å². The Morgan fingerprint density at radius 1 is 1.36 bits per heavy atom. The second kappa shape index (κ2) is 7.20. The standard InChI is InChI=1S/C17H22N2O3/c1-4-5-6-15-18-13-8-7-12(10-14(13)19-15)17(21)11(2)9-16(20)22-3/h7-8,10-11H,4-6,9H2,1-3H3,(H,18,19). The van der Waals surface area contributed by atoms with E-state index in [0.29, 0.717) is 5.56 Å². The molecule has 2 rings (SSSR count). The lowest BCUT2D eigenvalue weighted by atomic mass is 9.96. The van der Waals surface area contributed by atoms with Crippen LogP contribution in [-0.2, 0) is 16.0 Å². The number of carbonyl (C=O) groups is 2. The second-order valence-corrected chi connectivity index (χ2v) is 5.56. The number of nitrogens with zero attached hydrogens (tertiary/aromatic N) is 1. The lowest BCUT2D eigenvalue weighted by Gasteiger charge is -2.08. The summed E-state index contributed by atoms with van der Waals surface area (Å²) in [5.74, 6) is 0.124. The minimum atomic E-state index is -0.396. The van der Waals surface area contributed by atoms with Crippen molar-refractivity contribution in [3.63, 3.8) is 0 Å². The number of aromatic nitrogens is 2. The largest absolute Gasteiger partial charge is 0.469 e. The first-order chi connectivity index (χ1) is 10.5. The van der Waals surface area contributed by atoms with Gasteiger partial charge in [-0.25, -0.2) is 4.98 Å². The maximum absolute atomic E-state index is 12.4. The van der Waals surface area contributed by atoms with Crippen LogP contribution in [0.3, 0.4) is 0 Å². The summed E-state index contributed by atoms with van der Waals surface area (Å²) in [6.45, 7) is 3.88. The number of carbonyl (C=O) groups excluding carboxylic acids is 2. The van der Waals surface area contributed by atoms with E-state index >= 15 is 0 Å². The number of imidazole rings is 1. The van der Waals surface area contributed by atoms with Crippen molar-refractivity contribution in [2.24, 2.45) is 5.92 Å². The molecule has 1 aromatic heterocycles. The van der Waals surface area contributed by atoms with Gasteiger partial charge in [0.2, 0.25) is 0 Å². The first-order valence-corrected chi connectivity index (χ1v) is 7.64. The fraction of sp³-hybridized carbons (Fsp3) is 0.471. The molecule has 0 saturated heterocycles. The zero-order valence-electron chi connectivity index (χ0n) is 13.3. The van der Waals surface area contributed by atoms with Crippen LogP contribution in [0.5, 0.6) is 0 Å². The number of esters is 1. The monoisotopic (exact) mass is 302 g/mol. The van der Waals surface area contributed by atoms with Crippen LogP contribution in [0.4, 0.5) is 0 Å². The van der Waals surface area contributed by atoms with Gasteiger partial charge in [0.1, 0.15) is 5.82 Å². The van der Waals surface area contributed by atoms with E-state index < -0.39 is 5.92 Å². The van der Waals surface area contributed by atoms with Crippen LogP contribution in [0.1, 0.15) is 49.3 Å². The quantitative estimate of drug-likeness (QED) is 0.629. The molecule has 22 heavy (non-hydrogen) atoms. The highest BCUT2D eigenvalue weighted by Crippen LogP contribution is 2.19. The normalized spacial score (nSPS) is 12.3. The Kier molecular flexibility index (Phi) is 5.31. The lowest BCUT2D eigenvalue weighted by molar-refractivity contribution is -0.141. The van der Waals surface area contributed by atoms with Gasteiger partial charge in [-0.2, -0.15) is 0 Å². The number of unbranched alkanes of at least 4 members (excludes halogenated alkanes) is 1. The number of H-pyrrole nitrogens is 1. The molecule has 0 saturated carbocycles. The maximum atomic E-state index is 12.4. The Bertz CT molecular complexity index is 676. The number of fused-ring (bicyclic) bond motifs is 1. The Morgan fingerprint density at radius 3 is 2.82 bits per heavy atom. The van der Waals surface area contributed by atoms with Crippen molar-refractivity contribution >= 4 is 22.8 Å². The van der Waals surface area contributed by atoms with E-state index in [0.717, 1.165) is 36.1 Å². The first-order valence-electron chi connectivity index (χ1n) is 7.64. The van der Waals surface area contributed by atoms with Crippen LogP contribution in [0.25, 0.3) is 11.0 Å². The minimum Gasteiger partial charge on any atom is -0.469 e. The lowest BCUT2D eigenvalue weighted by Crippen LogP contribution is -2.16. The predicted molar refractivity (Wildman–Crippen MR) is 84.8 cm³/mol. The van der Waals surface area contributed by atoms with E-state index in [2.05, 4.69) is 21.6 Å². The highest BCUT2D eigenvalue weighted by molar-refractivity contribution is 6.01. The molecule has 5 nitrogen and oxygen atoms in total. The van der Waals surface area contributed by atoms with Gasteiger partial charge >= 0.3 is 5.97 Å². The molecule has 0 aliphatic carbocycles. The van der Waals surface area contributed by atoms with Crippen molar-refractivity contribution in [3.05, 3.63) is 29.6 Å². The van der Waals surface area contributed by atoms with Crippen LogP contribution in [0.15, 0.2) is 18.2 Å². The van der Waals surface area contributed by atoms with Gasteiger partial charge in [-0.1, -0.05) is 20.3 Å². The molecule has 0 radical (unpaired) electrons. The van der Waals surface area contributed by atoms with Crippen LogP contribution in [0, 0.1) is 5.92 Å². The first kappa shape index (κ1) is 16.2. The summed E-state index contributed by atoms with van der Waals surface area (Å²) < 4.78 is 4.61. The fourth-order valence-electron chi connectivity index (χ4n) is 2.39. The molecule has 5 heteroatoms. The molecule has 0 fully saturated rings. The molecule has 0 amide bonds. The number of Topliss-reactive ketones (excluding diaryl/α,β-unsaturated/α-hetero) is 1. The van der Waals surface area contributed by atoms with Gasteiger partial charge in [0.15, 0.2) is 5.78 Å². The van der Waals surface area contributed by atoms with Crippen molar-refractivity contribution in [3.8, 4) is 0 Å². The summed E-state index contributed by atoms with van der Waals surface area (Å²) in [6.07, 6.45) is 3.21. The molecular formula is C17H22N2O3. The molecule has 1 atom stereocenters. The molecular weight excluding hydrogens is 280 g/mol. The molecule has 0 aliphatic heterocycles. The predicted octanol–water partition coefficient (Wildman–Crippen LogP) is 3.29. The van der Waals surface area contributed by atoms with Gasteiger partial charge in [-0.3, -0.25) is 9.59 Å². The SMILES string of the molecule is CCCCc1nc2ccc(C(=O)C(C)CC(=O)OC)cc2[nH]1. The second-order valence-electron chi connectivity index (χ2n) is 5.56. The minimum absolute atomic E-state index is 0.0583. The zero-order valence-corrected chi connectivity index (χ0v) is 13.3. The third kappa shape index (κ3) is 3.72. The van der Waals surface area contributed by atoms with Crippen molar-refractivity contribution in [1.29, 1.82) is 0 Å². The van der Waals surface area contributed by atoms with E-state index in [1.807, 2.05) is 12.1 Å². The van der Waals surface area contributed by atoms with E-state index in [-0.39, 0.29) is 18.2 Å². The zero-order chi connectivity index (χ0) is 16.1. The number of hydrogen-bond acceptors (Lipinski definition) is 4. The van der Waals surface area contributed by atoms with Gasteiger partial charge in [0, 0.05) is 17.9 Å². The Balaban J connectivity index is 2.17. The average Bonchev–Trinajstić information content (AvgIpc) is 2.93. The topological polar surface area (TPSA) is 72.1 Å². The van der Waals surface area contributed by atoms with E-state index in [1.165, 1.54) is 7.11 Å². The van der Waals surface area contributed by atoms with Crippen LogP contribution in [0.2, 0.25) is 0 Å². The highest BCUT2D eigenvalue weighted by atomic mass is 16.5. The summed E-state index contributed by atoms with van der Waals surface area (Å²) in [5, 5.41) is 0. The number of ketones is 1. The Morgan fingerprint density at radius 2 is 2.14 bits per heavy atom. The number of nitrogens with one attached hydrogen (secondary N) is 1. The van der Waals surface area contributed by atoms with Gasteiger partial charge in [0.25, 0.3) is 0 Å². The summed E-state index contributed by atoms with van der Waals surface area (Å²) in [5.41, 5.74) is 2.32. The Hall–Kier alpha value is -2.17. The van der Waals surface area contributed by atoms with E-state index in [4.69, 9.17) is 0 Å². The summed E-state index contributed by atoms with van der Waals surface area (Å²) >= 11 is 0. The highest BCUT2D eigenvalue weighted by Gasteiger charge is 2.19. The number of methoxy groups -OCH3 is 1. The summed E-state index contributed by atoms with van der Waals surface area (Å²) in [7, 11) is 1.33. The van der Waals surface area contributed by atoms with Gasteiger partial charge < -0.3 is 9.72 Å². The van der Waals surface area contributed by atoms with Crippen molar-refractivity contribution in [2.75, 3.05) is 7.11 Å². The molecule has 1 aromatic carbocycles. The maximum Gasteiger partial charge on any atom is 0.306 e. The molecule has 1 N–H and O–H groups in total. The van der Waals surface area contributed by atoms with Crippen LogP contribution < -0.4 is 0 Å². The summed E-state index contributed by atoms with van der Waals surface area (Å²) in [6, 6.07) is 5.43. The number of hydrogen-bond donors (Lipinski definition) is 1. The van der Waals surface area contributed by atoms with E-state index in [9.17, 15) is 9.59 Å². The van der Waals surface area contributed by atoms with Crippen molar-refractivity contribution in [2.45, 2.75) is 39.5 Å². The molecule has 0 aliphatic rings. The fourth-order valence-corrected chi connectivity index (χ4v) is 2.39. The van der Waals surface area contributed by atoms with Crippen LogP contribution in [-0.4, -0.2) is 28.8 Å². The number of rotatable bonds is 7. The van der Waals surface area contributed by atoms with Crippen LogP contribution >= 0.6 is 0 Å². The van der Waals surface area contributed by atoms with Crippen molar-refractivity contribution in [1.82, 2.24) is 9.97 Å². The Labute approximate surface area is 130 Å². The molecule has 2 aromatic rings. The molecule has 1 unspecified atom stereocenters. The third-order valence-electron chi connectivity index (χ3n) is 3.73. The number of aryl methyl sites for hydroxylation is 1. The number of ether oxygens (including phenoxy) is 1. The molecule has 118 valence electrons. The average molecular weight is 302 g/mol. The molecule has 0 spiro atoms. The smallest absolute Gasteiger partial charge is 0.306 e. The molecule has 1 heterocycles. The number of benzene rings is 1. The van der Waals surface area contributed by atoms with Gasteiger partial charge in [-0.15, -0.1) is 0 Å². The van der Waals surface area contributed by atoms with Crippen molar-refractivity contribution < 1.29 is 14.3 Å². The molecule has 0 bridgehead atoms. The van der Waals surface area contributed by atoms with E-state index in [1.54, 1.807) is 13.0 Å².